The van der Waals surface area contributed by atoms with Gasteiger partial charge in [0, 0.05) is 16.6 Å². The smallest absolute Gasteiger partial charge is 0.219 e. The molecule has 5 rings (SSSR count). The third-order valence-corrected chi connectivity index (χ3v) is 6.25. The minimum Gasteiger partial charge on any atom is -0.342 e. The van der Waals surface area contributed by atoms with E-state index in [1.807, 2.05) is 0 Å². The van der Waals surface area contributed by atoms with Crippen molar-refractivity contribution in [2.75, 3.05) is 13.2 Å². The maximum atomic E-state index is 6.71. The molecular formula is C27H28O2. The summed E-state index contributed by atoms with van der Waals surface area (Å²) < 4.78 is 13.4. The minimum absolute atomic E-state index is 0.00442. The van der Waals surface area contributed by atoms with Crippen molar-refractivity contribution in [3.63, 3.8) is 0 Å². The molecular weight excluding hydrogens is 356 g/mol. The summed E-state index contributed by atoms with van der Waals surface area (Å²) in [6, 6.07) is 23.7. The molecule has 0 saturated carbocycles. The number of hydrogen-bond acceptors (Lipinski definition) is 2. The second kappa shape index (κ2) is 6.83. The van der Waals surface area contributed by atoms with Crippen molar-refractivity contribution in [3.05, 3.63) is 82.7 Å². The SMILES string of the molecule is CC1CC=c2ccccc2=C1C1(c2ccc3ccccc3c2)OCC(C)(C)CO1. The Labute approximate surface area is 172 Å². The molecule has 3 aromatic carbocycles. The van der Waals surface area contributed by atoms with E-state index in [-0.39, 0.29) is 5.41 Å². The fraction of sp³-hybridized carbons (Fsp3) is 0.333. The molecule has 148 valence electrons. The third-order valence-electron chi connectivity index (χ3n) is 6.25. The molecule has 0 N–H and O–H groups in total. The molecule has 1 saturated heterocycles. The third kappa shape index (κ3) is 3.11. The van der Waals surface area contributed by atoms with Gasteiger partial charge in [-0.3, -0.25) is 0 Å². The van der Waals surface area contributed by atoms with Crippen LogP contribution in [0.1, 0.15) is 32.8 Å². The van der Waals surface area contributed by atoms with E-state index >= 15 is 0 Å². The topological polar surface area (TPSA) is 18.5 Å². The van der Waals surface area contributed by atoms with E-state index in [4.69, 9.17) is 9.47 Å². The van der Waals surface area contributed by atoms with Gasteiger partial charge in [0.2, 0.25) is 5.79 Å². The van der Waals surface area contributed by atoms with Crippen molar-refractivity contribution in [2.45, 2.75) is 33.0 Å². The van der Waals surface area contributed by atoms with Crippen molar-refractivity contribution < 1.29 is 9.47 Å². The van der Waals surface area contributed by atoms with Crippen LogP contribution in [0.4, 0.5) is 0 Å². The summed E-state index contributed by atoms with van der Waals surface area (Å²) in [7, 11) is 0. The predicted octanol–water partition coefficient (Wildman–Crippen LogP) is 4.74. The largest absolute Gasteiger partial charge is 0.342 e. The van der Waals surface area contributed by atoms with Gasteiger partial charge in [-0.2, -0.15) is 0 Å². The molecule has 1 atom stereocenters. The van der Waals surface area contributed by atoms with Crippen LogP contribution in [0.3, 0.4) is 0 Å². The van der Waals surface area contributed by atoms with Gasteiger partial charge in [0.25, 0.3) is 0 Å². The first-order valence-corrected chi connectivity index (χ1v) is 10.6. The number of fused-ring (bicyclic) bond motifs is 2. The van der Waals surface area contributed by atoms with Crippen molar-refractivity contribution in [3.8, 4) is 0 Å². The normalized spacial score (nSPS) is 22.7. The van der Waals surface area contributed by atoms with Crippen LogP contribution < -0.4 is 10.4 Å². The highest BCUT2D eigenvalue weighted by atomic mass is 16.7. The van der Waals surface area contributed by atoms with Gasteiger partial charge in [0.15, 0.2) is 0 Å². The van der Waals surface area contributed by atoms with Gasteiger partial charge in [0.05, 0.1) is 13.2 Å². The maximum Gasteiger partial charge on any atom is 0.219 e. The van der Waals surface area contributed by atoms with Crippen LogP contribution in [-0.2, 0) is 15.3 Å². The van der Waals surface area contributed by atoms with Crippen molar-refractivity contribution in [2.24, 2.45) is 11.3 Å². The molecule has 1 aliphatic carbocycles. The Balaban J connectivity index is 1.79. The monoisotopic (exact) mass is 384 g/mol. The van der Waals surface area contributed by atoms with Crippen molar-refractivity contribution in [1.82, 2.24) is 0 Å². The van der Waals surface area contributed by atoms with Gasteiger partial charge < -0.3 is 9.47 Å². The van der Waals surface area contributed by atoms with E-state index in [2.05, 4.69) is 93.6 Å². The highest BCUT2D eigenvalue weighted by Crippen LogP contribution is 2.46. The average Bonchev–Trinajstić information content (AvgIpc) is 2.74. The van der Waals surface area contributed by atoms with Crippen molar-refractivity contribution in [1.29, 1.82) is 0 Å². The first-order chi connectivity index (χ1) is 14.0. The standard InChI is InChI=1S/C27H28O2/c1-19-12-13-21-9-6-7-11-24(21)25(19)27(28-17-26(2,3)18-29-27)23-15-14-20-8-4-5-10-22(20)16-23/h4-11,13-16,19H,12,17-18H2,1-3H3. The summed E-state index contributed by atoms with van der Waals surface area (Å²) in [6.45, 7) is 8.03. The zero-order valence-corrected chi connectivity index (χ0v) is 17.4. The average molecular weight is 385 g/mol. The molecule has 0 aromatic heterocycles. The minimum atomic E-state index is -0.844. The van der Waals surface area contributed by atoms with Crippen LogP contribution in [0.15, 0.2) is 66.7 Å². The lowest BCUT2D eigenvalue weighted by Crippen LogP contribution is -2.51. The fourth-order valence-corrected chi connectivity index (χ4v) is 4.66. The molecule has 29 heavy (non-hydrogen) atoms. The summed E-state index contributed by atoms with van der Waals surface area (Å²) >= 11 is 0. The van der Waals surface area contributed by atoms with Crippen LogP contribution in [0.25, 0.3) is 22.4 Å². The lowest BCUT2D eigenvalue weighted by molar-refractivity contribution is -0.276. The second-order valence-corrected chi connectivity index (χ2v) is 9.26. The first-order valence-electron chi connectivity index (χ1n) is 10.6. The highest BCUT2D eigenvalue weighted by molar-refractivity contribution is 5.84. The van der Waals surface area contributed by atoms with Gasteiger partial charge in [0.1, 0.15) is 0 Å². The van der Waals surface area contributed by atoms with Crippen LogP contribution >= 0.6 is 0 Å². The van der Waals surface area contributed by atoms with E-state index in [0.717, 1.165) is 12.0 Å². The molecule has 0 radical (unpaired) electrons. The molecule has 1 heterocycles. The van der Waals surface area contributed by atoms with Gasteiger partial charge in [-0.15, -0.1) is 0 Å². The molecule has 1 fully saturated rings. The second-order valence-electron chi connectivity index (χ2n) is 9.26. The maximum absolute atomic E-state index is 6.71. The summed E-state index contributed by atoms with van der Waals surface area (Å²) in [4.78, 5) is 0. The van der Waals surface area contributed by atoms with E-state index in [9.17, 15) is 0 Å². The van der Waals surface area contributed by atoms with Crippen LogP contribution in [-0.4, -0.2) is 13.2 Å². The number of rotatable bonds is 2. The molecule has 2 aliphatic rings. The Morgan fingerprint density at radius 3 is 2.31 bits per heavy atom. The fourth-order valence-electron chi connectivity index (χ4n) is 4.66. The number of hydrogen-bond donors (Lipinski definition) is 0. The lowest BCUT2D eigenvalue weighted by Gasteiger charge is -2.46. The van der Waals surface area contributed by atoms with E-state index in [0.29, 0.717) is 19.1 Å². The number of ether oxygens (including phenoxy) is 2. The van der Waals surface area contributed by atoms with Gasteiger partial charge in [-0.25, -0.2) is 0 Å². The summed E-state index contributed by atoms with van der Waals surface area (Å²) in [5, 5.41) is 4.97. The van der Waals surface area contributed by atoms with E-state index in [1.54, 1.807) is 0 Å². The molecule has 0 bridgehead atoms. The highest BCUT2D eigenvalue weighted by Gasteiger charge is 2.47. The molecule has 2 nitrogen and oxygen atoms in total. The Morgan fingerprint density at radius 2 is 1.52 bits per heavy atom. The van der Waals surface area contributed by atoms with E-state index in [1.165, 1.54) is 26.8 Å². The quantitative estimate of drug-likeness (QED) is 0.636. The first kappa shape index (κ1) is 18.6. The molecule has 1 unspecified atom stereocenters. The van der Waals surface area contributed by atoms with Gasteiger partial charge >= 0.3 is 0 Å². The molecule has 0 amide bonds. The molecule has 2 heteroatoms. The predicted molar refractivity (Wildman–Crippen MR) is 119 cm³/mol. The van der Waals surface area contributed by atoms with Crippen LogP contribution in [0, 0.1) is 11.3 Å². The Kier molecular flexibility index (Phi) is 4.38. The molecule has 1 aliphatic heterocycles. The molecule has 3 aromatic rings. The zero-order valence-electron chi connectivity index (χ0n) is 17.4. The summed E-state index contributed by atoms with van der Waals surface area (Å²) in [5.41, 5.74) is 2.34. The summed E-state index contributed by atoms with van der Waals surface area (Å²) in [5.74, 6) is -0.499. The zero-order chi connectivity index (χ0) is 20.1. The Hall–Kier alpha value is -2.42. The van der Waals surface area contributed by atoms with Crippen LogP contribution in [0.2, 0.25) is 0 Å². The Bertz CT molecular complexity index is 1180. The van der Waals surface area contributed by atoms with Crippen LogP contribution in [0.5, 0.6) is 0 Å². The summed E-state index contributed by atoms with van der Waals surface area (Å²) in [6.07, 6.45) is 3.34. The number of benzene rings is 3. The Morgan fingerprint density at radius 1 is 0.828 bits per heavy atom. The van der Waals surface area contributed by atoms with Gasteiger partial charge in [-0.05, 0) is 39.6 Å². The molecule has 0 spiro atoms. The van der Waals surface area contributed by atoms with Gasteiger partial charge in [-0.1, -0.05) is 87.5 Å². The van der Waals surface area contributed by atoms with E-state index < -0.39 is 5.79 Å². The lowest BCUT2D eigenvalue weighted by atomic mass is 9.80. The van der Waals surface area contributed by atoms with Crippen molar-refractivity contribution >= 4 is 22.4 Å².